The monoisotopic (exact) mass is 255 g/mol. The lowest BCUT2D eigenvalue weighted by Crippen LogP contribution is -2.09. The third-order valence-electron chi connectivity index (χ3n) is 2.66. The lowest BCUT2D eigenvalue weighted by atomic mass is 10.1. The van der Waals surface area contributed by atoms with Crippen molar-refractivity contribution in [2.75, 3.05) is 0 Å². The number of oxime groups is 1. The molecule has 0 fully saturated rings. The van der Waals surface area contributed by atoms with Crippen LogP contribution in [0.25, 0.3) is 0 Å². The van der Waals surface area contributed by atoms with Crippen LogP contribution in [0.2, 0.25) is 0 Å². The standard InChI is InChI=1S/C15H13NO3/c1-11-4-2-3-5-14(11)15(17)19-13-8-6-12(7-9-13)10-16-18/h2-10,18H,1H3/b16-10+. The van der Waals surface area contributed by atoms with E-state index in [9.17, 15) is 4.79 Å². The van der Waals surface area contributed by atoms with E-state index in [1.54, 1.807) is 36.4 Å². The van der Waals surface area contributed by atoms with Gasteiger partial charge in [0.15, 0.2) is 0 Å². The van der Waals surface area contributed by atoms with Gasteiger partial charge >= 0.3 is 5.97 Å². The Balaban J connectivity index is 2.13. The van der Waals surface area contributed by atoms with E-state index in [2.05, 4.69) is 5.16 Å². The molecule has 0 unspecified atom stereocenters. The molecule has 0 aliphatic heterocycles. The average molecular weight is 255 g/mol. The third kappa shape index (κ3) is 3.19. The van der Waals surface area contributed by atoms with Gasteiger partial charge in [-0.15, -0.1) is 0 Å². The van der Waals surface area contributed by atoms with Crippen molar-refractivity contribution in [3.63, 3.8) is 0 Å². The van der Waals surface area contributed by atoms with Gasteiger partial charge in [0.25, 0.3) is 0 Å². The fourth-order valence-electron chi connectivity index (χ4n) is 1.65. The van der Waals surface area contributed by atoms with E-state index >= 15 is 0 Å². The van der Waals surface area contributed by atoms with Crippen molar-refractivity contribution in [2.24, 2.45) is 5.16 Å². The highest BCUT2D eigenvalue weighted by atomic mass is 16.5. The summed E-state index contributed by atoms with van der Waals surface area (Å²) in [6.45, 7) is 1.86. The molecule has 2 aromatic rings. The highest BCUT2D eigenvalue weighted by molar-refractivity contribution is 5.92. The smallest absolute Gasteiger partial charge is 0.343 e. The van der Waals surface area contributed by atoms with Crippen LogP contribution < -0.4 is 4.74 Å². The Morgan fingerprint density at radius 3 is 2.47 bits per heavy atom. The molecule has 0 spiro atoms. The molecule has 0 saturated carbocycles. The number of rotatable bonds is 3. The largest absolute Gasteiger partial charge is 0.423 e. The number of esters is 1. The number of benzene rings is 2. The molecule has 0 aromatic heterocycles. The third-order valence-corrected chi connectivity index (χ3v) is 2.66. The normalized spacial score (nSPS) is 10.6. The minimum Gasteiger partial charge on any atom is -0.423 e. The Morgan fingerprint density at radius 2 is 1.84 bits per heavy atom. The van der Waals surface area contributed by atoms with Crippen molar-refractivity contribution in [3.05, 3.63) is 65.2 Å². The molecule has 0 aliphatic rings. The minimum absolute atomic E-state index is 0.387. The first kappa shape index (κ1) is 12.8. The Kier molecular flexibility index (Phi) is 3.93. The number of carbonyl (C=O) groups is 1. The summed E-state index contributed by atoms with van der Waals surface area (Å²) in [7, 11) is 0. The second-order valence-electron chi connectivity index (χ2n) is 4.02. The van der Waals surface area contributed by atoms with Crippen LogP contribution in [0.4, 0.5) is 0 Å². The zero-order chi connectivity index (χ0) is 13.7. The summed E-state index contributed by atoms with van der Waals surface area (Å²) in [5.74, 6) is 0.0602. The maximum atomic E-state index is 12.0. The quantitative estimate of drug-likeness (QED) is 0.301. The molecule has 0 aliphatic carbocycles. The van der Waals surface area contributed by atoms with E-state index in [4.69, 9.17) is 9.94 Å². The fraction of sp³-hybridized carbons (Fsp3) is 0.0667. The van der Waals surface area contributed by atoms with Gasteiger partial charge in [-0.1, -0.05) is 23.4 Å². The molecule has 0 saturated heterocycles. The number of ether oxygens (including phenoxy) is 1. The Labute approximate surface area is 111 Å². The molecule has 0 bridgehead atoms. The first-order chi connectivity index (χ1) is 9.20. The summed E-state index contributed by atoms with van der Waals surface area (Å²) >= 11 is 0. The molecule has 2 aromatic carbocycles. The highest BCUT2D eigenvalue weighted by Gasteiger charge is 2.10. The minimum atomic E-state index is -0.387. The van der Waals surface area contributed by atoms with Crippen LogP contribution in [0.5, 0.6) is 5.75 Å². The predicted octanol–water partition coefficient (Wildman–Crippen LogP) is 3.02. The van der Waals surface area contributed by atoms with Crippen molar-refractivity contribution in [1.29, 1.82) is 0 Å². The number of nitrogens with zero attached hydrogens (tertiary/aromatic N) is 1. The van der Waals surface area contributed by atoms with Gasteiger partial charge in [0.1, 0.15) is 5.75 Å². The molecule has 1 N–H and O–H groups in total. The molecule has 96 valence electrons. The topological polar surface area (TPSA) is 58.9 Å². The molecular formula is C15H13NO3. The number of hydrogen-bond acceptors (Lipinski definition) is 4. The maximum Gasteiger partial charge on any atom is 0.343 e. The zero-order valence-corrected chi connectivity index (χ0v) is 10.4. The van der Waals surface area contributed by atoms with Gasteiger partial charge in [-0.3, -0.25) is 0 Å². The Hall–Kier alpha value is -2.62. The lowest BCUT2D eigenvalue weighted by molar-refractivity contribution is 0.0734. The molecular weight excluding hydrogens is 242 g/mol. The van der Waals surface area contributed by atoms with E-state index in [1.807, 2.05) is 19.1 Å². The lowest BCUT2D eigenvalue weighted by Gasteiger charge is -2.06. The van der Waals surface area contributed by atoms with Gasteiger partial charge in [-0.2, -0.15) is 0 Å². The highest BCUT2D eigenvalue weighted by Crippen LogP contribution is 2.15. The molecule has 4 heteroatoms. The van der Waals surface area contributed by atoms with Gasteiger partial charge in [-0.25, -0.2) is 4.79 Å². The average Bonchev–Trinajstić information content (AvgIpc) is 2.42. The zero-order valence-electron chi connectivity index (χ0n) is 10.4. The van der Waals surface area contributed by atoms with Crippen molar-refractivity contribution in [2.45, 2.75) is 6.92 Å². The number of aryl methyl sites for hydroxylation is 1. The van der Waals surface area contributed by atoms with Crippen LogP contribution in [-0.2, 0) is 0 Å². The summed E-state index contributed by atoms with van der Waals surface area (Å²) < 4.78 is 5.27. The van der Waals surface area contributed by atoms with Crippen molar-refractivity contribution >= 4 is 12.2 Å². The maximum absolute atomic E-state index is 12.0. The van der Waals surface area contributed by atoms with Gasteiger partial charge in [0.05, 0.1) is 11.8 Å². The van der Waals surface area contributed by atoms with E-state index in [1.165, 1.54) is 6.21 Å². The Morgan fingerprint density at radius 1 is 1.16 bits per heavy atom. The molecule has 0 heterocycles. The van der Waals surface area contributed by atoms with Gasteiger partial charge < -0.3 is 9.94 Å². The van der Waals surface area contributed by atoms with Gasteiger partial charge in [0, 0.05) is 0 Å². The van der Waals surface area contributed by atoms with Crippen LogP contribution in [0.15, 0.2) is 53.7 Å². The SMILES string of the molecule is Cc1ccccc1C(=O)Oc1ccc(/C=N/O)cc1. The van der Waals surface area contributed by atoms with Crippen LogP contribution in [0.1, 0.15) is 21.5 Å². The van der Waals surface area contributed by atoms with Crippen LogP contribution in [0, 0.1) is 6.92 Å². The van der Waals surface area contributed by atoms with Crippen LogP contribution in [0.3, 0.4) is 0 Å². The van der Waals surface area contributed by atoms with Crippen LogP contribution >= 0.6 is 0 Å². The van der Waals surface area contributed by atoms with Crippen molar-refractivity contribution in [3.8, 4) is 5.75 Å². The first-order valence-electron chi connectivity index (χ1n) is 5.76. The molecule has 0 radical (unpaired) electrons. The number of carbonyl (C=O) groups excluding carboxylic acids is 1. The van der Waals surface area contributed by atoms with E-state index < -0.39 is 0 Å². The molecule has 0 atom stereocenters. The van der Waals surface area contributed by atoms with Gasteiger partial charge in [0.2, 0.25) is 0 Å². The van der Waals surface area contributed by atoms with E-state index in [0.29, 0.717) is 11.3 Å². The summed E-state index contributed by atoms with van der Waals surface area (Å²) in [6, 6.07) is 13.9. The molecule has 19 heavy (non-hydrogen) atoms. The predicted molar refractivity (Wildman–Crippen MR) is 72.0 cm³/mol. The van der Waals surface area contributed by atoms with Crippen molar-refractivity contribution < 1.29 is 14.7 Å². The summed E-state index contributed by atoms with van der Waals surface area (Å²) in [4.78, 5) is 12.0. The molecule has 0 amide bonds. The molecule has 4 nitrogen and oxygen atoms in total. The summed E-state index contributed by atoms with van der Waals surface area (Å²) in [5.41, 5.74) is 2.14. The van der Waals surface area contributed by atoms with E-state index in [-0.39, 0.29) is 5.97 Å². The van der Waals surface area contributed by atoms with Crippen LogP contribution in [-0.4, -0.2) is 17.4 Å². The fourth-order valence-corrected chi connectivity index (χ4v) is 1.65. The summed E-state index contributed by atoms with van der Waals surface area (Å²) in [6.07, 6.45) is 1.30. The Bertz CT molecular complexity index is 603. The second kappa shape index (κ2) is 5.82. The van der Waals surface area contributed by atoms with E-state index in [0.717, 1.165) is 11.1 Å². The second-order valence-corrected chi connectivity index (χ2v) is 4.02. The van der Waals surface area contributed by atoms with Crippen molar-refractivity contribution in [1.82, 2.24) is 0 Å². The molecule has 2 rings (SSSR count). The number of hydrogen-bond donors (Lipinski definition) is 1. The first-order valence-corrected chi connectivity index (χ1v) is 5.76. The summed E-state index contributed by atoms with van der Waals surface area (Å²) in [5, 5.41) is 11.3. The van der Waals surface area contributed by atoms with Gasteiger partial charge in [-0.05, 0) is 48.4 Å².